The molecule has 0 aliphatic heterocycles. The second-order valence-corrected chi connectivity index (χ2v) is 7.39. The molecule has 0 bridgehead atoms. The standard InChI is InChI=1S/C17H26F6O4/c1-5-14(2,3)13(24)27-12(11-8-6-7-9-11)15(16(18,19)20,17(21,22)23)26-10-25-4/h11-12H,5-10H2,1-4H3. The number of rotatable bonds is 8. The first-order chi connectivity index (χ1) is 12.2. The number of hydrogen-bond donors (Lipinski definition) is 0. The molecule has 1 unspecified atom stereocenters. The van der Waals surface area contributed by atoms with Crippen LogP contribution in [0.3, 0.4) is 0 Å². The Bertz CT molecular complexity index is 481. The molecule has 0 aromatic rings. The third-order valence-electron chi connectivity index (χ3n) is 5.15. The van der Waals surface area contributed by atoms with Crippen LogP contribution < -0.4 is 0 Å². The van der Waals surface area contributed by atoms with Crippen LogP contribution in [0.2, 0.25) is 0 Å². The fourth-order valence-corrected chi connectivity index (χ4v) is 3.07. The molecule has 0 aromatic carbocycles. The molecule has 0 spiro atoms. The average Bonchev–Trinajstić information content (AvgIpc) is 3.05. The second kappa shape index (κ2) is 8.55. The van der Waals surface area contributed by atoms with E-state index in [2.05, 4.69) is 9.47 Å². The maximum atomic E-state index is 13.8. The maximum absolute atomic E-state index is 13.8. The third kappa shape index (κ3) is 4.88. The molecule has 10 heteroatoms. The average molecular weight is 408 g/mol. The molecule has 0 N–H and O–H groups in total. The Hall–Kier alpha value is -1.03. The van der Waals surface area contributed by atoms with Crippen molar-refractivity contribution in [1.29, 1.82) is 0 Å². The van der Waals surface area contributed by atoms with E-state index in [4.69, 9.17) is 4.74 Å². The highest BCUT2D eigenvalue weighted by Crippen LogP contribution is 2.53. The quantitative estimate of drug-likeness (QED) is 0.322. The molecule has 1 aliphatic carbocycles. The number of esters is 1. The number of carbonyl (C=O) groups is 1. The molecule has 1 rings (SSSR count). The molecular weight excluding hydrogens is 382 g/mol. The Labute approximate surface area is 154 Å². The zero-order valence-electron chi connectivity index (χ0n) is 15.8. The van der Waals surface area contributed by atoms with Gasteiger partial charge in [-0.05, 0) is 39.0 Å². The normalized spacial score (nSPS) is 18.6. The molecule has 0 heterocycles. The zero-order chi connectivity index (χ0) is 21.1. The van der Waals surface area contributed by atoms with E-state index in [1.807, 2.05) is 0 Å². The number of carbonyl (C=O) groups excluding carboxylic acids is 1. The van der Waals surface area contributed by atoms with Gasteiger partial charge < -0.3 is 14.2 Å². The summed E-state index contributed by atoms with van der Waals surface area (Å²) in [5, 5.41) is 0. The minimum atomic E-state index is -5.87. The van der Waals surface area contributed by atoms with Gasteiger partial charge in [0.25, 0.3) is 5.60 Å². The van der Waals surface area contributed by atoms with Crippen molar-refractivity contribution in [2.45, 2.75) is 76.9 Å². The number of halogens is 6. The van der Waals surface area contributed by atoms with Gasteiger partial charge in [-0.15, -0.1) is 0 Å². The van der Waals surface area contributed by atoms with Gasteiger partial charge in [-0.1, -0.05) is 19.8 Å². The van der Waals surface area contributed by atoms with Gasteiger partial charge in [0.1, 0.15) is 6.79 Å². The summed E-state index contributed by atoms with van der Waals surface area (Å²) in [6, 6.07) is 0. The maximum Gasteiger partial charge on any atom is 0.430 e. The molecule has 1 fully saturated rings. The molecule has 0 amide bonds. The Kier molecular flexibility index (Phi) is 7.60. The van der Waals surface area contributed by atoms with Gasteiger partial charge in [0.05, 0.1) is 5.41 Å². The Balaban J connectivity index is 3.51. The van der Waals surface area contributed by atoms with Crippen molar-refractivity contribution in [3.63, 3.8) is 0 Å². The van der Waals surface area contributed by atoms with E-state index in [1.54, 1.807) is 6.92 Å². The predicted molar refractivity (Wildman–Crippen MR) is 83.7 cm³/mol. The van der Waals surface area contributed by atoms with Crippen LogP contribution in [0.1, 0.15) is 52.9 Å². The van der Waals surface area contributed by atoms with Crippen LogP contribution in [0.5, 0.6) is 0 Å². The van der Waals surface area contributed by atoms with Gasteiger partial charge in [-0.25, -0.2) is 0 Å². The van der Waals surface area contributed by atoms with Crippen LogP contribution in [0.4, 0.5) is 26.3 Å². The lowest BCUT2D eigenvalue weighted by molar-refractivity contribution is -0.418. The van der Waals surface area contributed by atoms with Gasteiger partial charge >= 0.3 is 18.3 Å². The molecule has 160 valence electrons. The topological polar surface area (TPSA) is 44.8 Å². The van der Waals surface area contributed by atoms with E-state index in [0.717, 1.165) is 7.11 Å². The lowest BCUT2D eigenvalue weighted by atomic mass is 9.83. The van der Waals surface area contributed by atoms with Crippen LogP contribution >= 0.6 is 0 Å². The molecule has 0 radical (unpaired) electrons. The summed E-state index contributed by atoms with van der Waals surface area (Å²) < 4.78 is 96.6. The summed E-state index contributed by atoms with van der Waals surface area (Å²) in [5.41, 5.74) is -5.90. The highest BCUT2D eigenvalue weighted by molar-refractivity contribution is 5.76. The van der Waals surface area contributed by atoms with Crippen LogP contribution in [0, 0.1) is 11.3 Å². The molecule has 4 nitrogen and oxygen atoms in total. The van der Waals surface area contributed by atoms with Crippen molar-refractivity contribution >= 4 is 5.97 Å². The van der Waals surface area contributed by atoms with E-state index in [9.17, 15) is 31.1 Å². The molecular formula is C17H26F6O4. The van der Waals surface area contributed by atoms with Crippen LogP contribution in [-0.4, -0.2) is 43.9 Å². The highest BCUT2D eigenvalue weighted by atomic mass is 19.4. The molecule has 0 aromatic heterocycles. The van der Waals surface area contributed by atoms with E-state index in [0.29, 0.717) is 12.8 Å². The minimum absolute atomic E-state index is 0.0781. The minimum Gasteiger partial charge on any atom is -0.458 e. The predicted octanol–water partition coefficient (Wildman–Crippen LogP) is 5.01. The summed E-state index contributed by atoms with van der Waals surface area (Å²) in [6.45, 7) is 3.14. The summed E-state index contributed by atoms with van der Waals surface area (Å²) in [6.07, 6.45) is -13.0. The summed E-state index contributed by atoms with van der Waals surface area (Å²) in [5.74, 6) is -2.25. The number of hydrogen-bond acceptors (Lipinski definition) is 4. The van der Waals surface area contributed by atoms with Crippen molar-refractivity contribution < 1.29 is 45.3 Å². The van der Waals surface area contributed by atoms with Crippen molar-refractivity contribution in [3.8, 4) is 0 Å². The van der Waals surface area contributed by atoms with Gasteiger partial charge in [-0.3, -0.25) is 4.79 Å². The Morgan fingerprint density at radius 3 is 1.89 bits per heavy atom. The third-order valence-corrected chi connectivity index (χ3v) is 5.15. The second-order valence-electron chi connectivity index (χ2n) is 7.39. The fraction of sp³-hybridized carbons (Fsp3) is 0.941. The van der Waals surface area contributed by atoms with Gasteiger partial charge in [0.15, 0.2) is 6.10 Å². The molecule has 0 saturated heterocycles. The monoisotopic (exact) mass is 408 g/mol. The van der Waals surface area contributed by atoms with Crippen LogP contribution in [-0.2, 0) is 19.0 Å². The van der Waals surface area contributed by atoms with Crippen LogP contribution in [0.25, 0.3) is 0 Å². The summed E-state index contributed by atoms with van der Waals surface area (Å²) in [4.78, 5) is 12.4. The lowest BCUT2D eigenvalue weighted by Crippen LogP contribution is -2.68. The van der Waals surface area contributed by atoms with Gasteiger partial charge in [-0.2, -0.15) is 26.3 Å². The van der Waals surface area contributed by atoms with E-state index in [-0.39, 0.29) is 19.3 Å². The summed E-state index contributed by atoms with van der Waals surface area (Å²) in [7, 11) is 0.911. The van der Waals surface area contributed by atoms with Crippen molar-refractivity contribution in [1.82, 2.24) is 0 Å². The van der Waals surface area contributed by atoms with Crippen molar-refractivity contribution in [2.24, 2.45) is 11.3 Å². The largest absolute Gasteiger partial charge is 0.458 e. The zero-order valence-corrected chi connectivity index (χ0v) is 15.8. The van der Waals surface area contributed by atoms with Crippen LogP contribution in [0.15, 0.2) is 0 Å². The first-order valence-corrected chi connectivity index (χ1v) is 8.72. The van der Waals surface area contributed by atoms with E-state index < -0.39 is 48.2 Å². The van der Waals surface area contributed by atoms with Gasteiger partial charge in [0.2, 0.25) is 0 Å². The number of alkyl halides is 6. The Morgan fingerprint density at radius 1 is 1.04 bits per heavy atom. The summed E-state index contributed by atoms with van der Waals surface area (Å²) >= 11 is 0. The van der Waals surface area contributed by atoms with Crippen molar-refractivity contribution in [2.75, 3.05) is 13.9 Å². The van der Waals surface area contributed by atoms with E-state index >= 15 is 0 Å². The lowest BCUT2D eigenvalue weighted by Gasteiger charge is -2.44. The SMILES string of the molecule is CCC(C)(C)C(=O)OC(C1CCCC1)C(OCOC)(C(F)(F)F)C(F)(F)F. The molecule has 1 saturated carbocycles. The Morgan fingerprint density at radius 2 is 1.52 bits per heavy atom. The van der Waals surface area contributed by atoms with Crippen molar-refractivity contribution in [3.05, 3.63) is 0 Å². The van der Waals surface area contributed by atoms with Gasteiger partial charge in [0, 0.05) is 7.11 Å². The first-order valence-electron chi connectivity index (χ1n) is 8.72. The first kappa shape index (κ1) is 24.0. The molecule has 27 heavy (non-hydrogen) atoms. The number of methoxy groups -OCH3 is 1. The van der Waals surface area contributed by atoms with E-state index in [1.165, 1.54) is 13.8 Å². The smallest absolute Gasteiger partial charge is 0.430 e. The fourth-order valence-electron chi connectivity index (χ4n) is 3.07. The molecule has 1 aliphatic rings. The molecule has 1 atom stereocenters. The number of ether oxygens (including phenoxy) is 3. The highest BCUT2D eigenvalue weighted by Gasteiger charge is 2.78.